The molecule has 2 unspecified atom stereocenters. The van der Waals surface area contributed by atoms with Crippen LogP contribution in [0.1, 0.15) is 24.5 Å². The van der Waals surface area contributed by atoms with Crippen molar-refractivity contribution in [3.05, 3.63) is 23.3 Å². The summed E-state index contributed by atoms with van der Waals surface area (Å²) in [5.74, 6) is 1.03. The molecule has 118 valence electrons. The van der Waals surface area contributed by atoms with Gasteiger partial charge in [-0.2, -0.15) is 0 Å². The summed E-state index contributed by atoms with van der Waals surface area (Å²) in [6.45, 7) is 7.46. The SMILES string of the molecule is COc1c(C)cc(S(=O)(=O)NC2CCNCC2C)cc1C. The summed E-state index contributed by atoms with van der Waals surface area (Å²) in [6, 6.07) is 3.32. The van der Waals surface area contributed by atoms with Crippen molar-refractivity contribution < 1.29 is 13.2 Å². The van der Waals surface area contributed by atoms with Crippen molar-refractivity contribution in [1.82, 2.24) is 10.0 Å². The van der Waals surface area contributed by atoms with Crippen LogP contribution in [0.2, 0.25) is 0 Å². The zero-order valence-electron chi connectivity index (χ0n) is 13.1. The highest BCUT2D eigenvalue weighted by Crippen LogP contribution is 2.27. The lowest BCUT2D eigenvalue weighted by Gasteiger charge is -2.30. The zero-order chi connectivity index (χ0) is 15.6. The molecule has 6 heteroatoms. The third-order valence-electron chi connectivity index (χ3n) is 4.04. The van der Waals surface area contributed by atoms with Crippen LogP contribution in [-0.4, -0.2) is 34.7 Å². The molecule has 1 aliphatic rings. The van der Waals surface area contributed by atoms with Crippen molar-refractivity contribution in [2.45, 2.75) is 38.1 Å². The van der Waals surface area contributed by atoms with Crippen LogP contribution < -0.4 is 14.8 Å². The molecule has 0 aliphatic carbocycles. The summed E-state index contributed by atoms with van der Waals surface area (Å²) in [5, 5.41) is 3.27. The van der Waals surface area contributed by atoms with E-state index in [0.717, 1.165) is 36.4 Å². The maximum Gasteiger partial charge on any atom is 0.240 e. The number of sulfonamides is 1. The van der Waals surface area contributed by atoms with Crippen molar-refractivity contribution in [3.63, 3.8) is 0 Å². The maximum absolute atomic E-state index is 12.6. The summed E-state index contributed by atoms with van der Waals surface area (Å²) in [5.41, 5.74) is 1.66. The van der Waals surface area contributed by atoms with Gasteiger partial charge in [-0.25, -0.2) is 13.1 Å². The Morgan fingerprint density at radius 2 is 1.90 bits per heavy atom. The molecule has 0 radical (unpaired) electrons. The van der Waals surface area contributed by atoms with Crippen LogP contribution in [0.25, 0.3) is 0 Å². The first-order valence-corrected chi connectivity index (χ1v) is 8.71. The molecule has 0 amide bonds. The van der Waals surface area contributed by atoms with Crippen LogP contribution in [-0.2, 0) is 10.0 Å². The topological polar surface area (TPSA) is 67.4 Å². The first-order chi connectivity index (χ1) is 9.85. The van der Waals surface area contributed by atoms with Crippen LogP contribution in [0.4, 0.5) is 0 Å². The molecule has 0 aromatic heterocycles. The predicted molar refractivity (Wildman–Crippen MR) is 83.2 cm³/mol. The van der Waals surface area contributed by atoms with Gasteiger partial charge in [-0.15, -0.1) is 0 Å². The molecule has 5 nitrogen and oxygen atoms in total. The van der Waals surface area contributed by atoms with Crippen LogP contribution in [0.5, 0.6) is 5.75 Å². The molecule has 1 aromatic rings. The number of ether oxygens (including phenoxy) is 1. The van der Waals surface area contributed by atoms with E-state index < -0.39 is 10.0 Å². The fourth-order valence-electron chi connectivity index (χ4n) is 2.84. The van der Waals surface area contributed by atoms with Gasteiger partial charge in [0.2, 0.25) is 10.0 Å². The second-order valence-corrected chi connectivity index (χ2v) is 7.50. The summed E-state index contributed by atoms with van der Waals surface area (Å²) in [4.78, 5) is 0.309. The molecule has 1 aliphatic heterocycles. The van der Waals surface area contributed by atoms with E-state index in [9.17, 15) is 8.42 Å². The lowest BCUT2D eigenvalue weighted by Crippen LogP contribution is -2.48. The number of nitrogens with one attached hydrogen (secondary N) is 2. The van der Waals surface area contributed by atoms with E-state index >= 15 is 0 Å². The van der Waals surface area contributed by atoms with Crippen LogP contribution >= 0.6 is 0 Å². The van der Waals surface area contributed by atoms with Crippen molar-refractivity contribution in [3.8, 4) is 5.75 Å². The van der Waals surface area contributed by atoms with Gasteiger partial charge >= 0.3 is 0 Å². The minimum atomic E-state index is -3.50. The van der Waals surface area contributed by atoms with Gasteiger partial charge in [0, 0.05) is 6.04 Å². The van der Waals surface area contributed by atoms with E-state index in [4.69, 9.17) is 4.74 Å². The van der Waals surface area contributed by atoms with Gasteiger partial charge in [0.25, 0.3) is 0 Å². The molecular formula is C15H24N2O3S. The fourth-order valence-corrected chi connectivity index (χ4v) is 4.39. The lowest BCUT2D eigenvalue weighted by molar-refractivity contribution is 0.328. The number of methoxy groups -OCH3 is 1. The van der Waals surface area contributed by atoms with E-state index in [1.807, 2.05) is 13.8 Å². The summed E-state index contributed by atoms with van der Waals surface area (Å²) in [7, 11) is -1.90. The molecule has 2 N–H and O–H groups in total. The van der Waals surface area contributed by atoms with E-state index in [2.05, 4.69) is 17.0 Å². The Morgan fingerprint density at radius 3 is 2.43 bits per heavy atom. The van der Waals surface area contributed by atoms with Gasteiger partial charge in [-0.3, -0.25) is 0 Å². The number of rotatable bonds is 4. The molecule has 21 heavy (non-hydrogen) atoms. The Kier molecular flexibility index (Phi) is 4.91. The Balaban J connectivity index is 2.27. The quantitative estimate of drug-likeness (QED) is 0.886. The standard InChI is InChI=1S/C15H24N2O3S/c1-10-7-13(8-11(2)15(10)20-4)21(18,19)17-14-5-6-16-9-12(14)3/h7-8,12,14,16-17H,5-6,9H2,1-4H3. The van der Waals surface area contributed by atoms with Gasteiger partial charge in [0.15, 0.2) is 0 Å². The monoisotopic (exact) mass is 312 g/mol. The summed E-state index contributed by atoms with van der Waals surface area (Å²) >= 11 is 0. The van der Waals surface area contributed by atoms with Crippen molar-refractivity contribution in [1.29, 1.82) is 0 Å². The average Bonchev–Trinajstić information content (AvgIpc) is 2.41. The van der Waals surface area contributed by atoms with Gasteiger partial charge < -0.3 is 10.1 Å². The average molecular weight is 312 g/mol. The third kappa shape index (κ3) is 3.56. The van der Waals surface area contributed by atoms with Gasteiger partial charge in [0.1, 0.15) is 5.75 Å². The Labute approximate surface area is 127 Å². The van der Waals surface area contributed by atoms with Crippen molar-refractivity contribution >= 4 is 10.0 Å². The Morgan fingerprint density at radius 1 is 1.29 bits per heavy atom. The molecule has 2 rings (SSSR count). The van der Waals surface area contributed by atoms with E-state index in [1.165, 1.54) is 0 Å². The van der Waals surface area contributed by atoms with Gasteiger partial charge in [0.05, 0.1) is 12.0 Å². The minimum Gasteiger partial charge on any atom is -0.496 e. The predicted octanol–water partition coefficient (Wildman–Crippen LogP) is 1.59. The van der Waals surface area contributed by atoms with E-state index in [0.29, 0.717) is 4.90 Å². The van der Waals surface area contributed by atoms with Crippen LogP contribution in [0.3, 0.4) is 0 Å². The van der Waals surface area contributed by atoms with E-state index in [1.54, 1.807) is 19.2 Å². The van der Waals surface area contributed by atoms with Gasteiger partial charge in [-0.05, 0) is 62.5 Å². The maximum atomic E-state index is 12.6. The molecular weight excluding hydrogens is 288 g/mol. The molecule has 1 saturated heterocycles. The van der Waals surface area contributed by atoms with E-state index in [-0.39, 0.29) is 12.0 Å². The normalized spacial score (nSPS) is 23.0. The first kappa shape index (κ1) is 16.3. The summed E-state index contributed by atoms with van der Waals surface area (Å²) < 4.78 is 33.3. The second-order valence-electron chi connectivity index (χ2n) is 5.79. The number of aryl methyl sites for hydroxylation is 2. The van der Waals surface area contributed by atoms with Crippen molar-refractivity contribution in [2.24, 2.45) is 5.92 Å². The fraction of sp³-hybridized carbons (Fsp3) is 0.600. The second kappa shape index (κ2) is 6.34. The van der Waals surface area contributed by atoms with Gasteiger partial charge in [-0.1, -0.05) is 6.92 Å². The smallest absolute Gasteiger partial charge is 0.240 e. The molecule has 1 heterocycles. The first-order valence-electron chi connectivity index (χ1n) is 7.23. The van der Waals surface area contributed by atoms with Crippen LogP contribution in [0, 0.1) is 19.8 Å². The number of hydrogen-bond donors (Lipinski definition) is 2. The molecule has 2 atom stereocenters. The molecule has 1 aromatic carbocycles. The third-order valence-corrected chi connectivity index (χ3v) is 5.51. The minimum absolute atomic E-state index is 0.0148. The highest BCUT2D eigenvalue weighted by Gasteiger charge is 2.27. The Hall–Kier alpha value is -1.11. The van der Waals surface area contributed by atoms with Crippen molar-refractivity contribution in [2.75, 3.05) is 20.2 Å². The summed E-state index contributed by atoms with van der Waals surface area (Å²) in [6.07, 6.45) is 0.814. The lowest BCUT2D eigenvalue weighted by atomic mass is 9.97. The number of piperidine rings is 1. The molecule has 0 saturated carbocycles. The van der Waals surface area contributed by atoms with Crippen LogP contribution in [0.15, 0.2) is 17.0 Å². The molecule has 1 fully saturated rings. The largest absolute Gasteiger partial charge is 0.496 e. The highest BCUT2D eigenvalue weighted by molar-refractivity contribution is 7.89. The number of benzene rings is 1. The highest BCUT2D eigenvalue weighted by atomic mass is 32.2. The zero-order valence-corrected chi connectivity index (χ0v) is 13.9. The molecule has 0 spiro atoms. The molecule has 0 bridgehead atoms. The number of hydrogen-bond acceptors (Lipinski definition) is 4. The Bertz CT molecular complexity index is 590.